The first kappa shape index (κ1) is 18.5. The molecular weight excluding hydrogens is 382 g/mol. The van der Waals surface area contributed by atoms with Gasteiger partial charge in [0.1, 0.15) is 5.52 Å². The van der Waals surface area contributed by atoms with Crippen LogP contribution in [0.4, 0.5) is 0 Å². The largest absolute Gasteiger partial charge is 0.343 e. The van der Waals surface area contributed by atoms with Crippen molar-refractivity contribution in [3.8, 4) is 11.3 Å². The zero-order valence-corrected chi connectivity index (χ0v) is 17.2. The lowest BCUT2D eigenvalue weighted by Crippen LogP contribution is -2.39. The SMILES string of the molecule is CC(=O)N1CCC(n2c(=O)n(C)c3cnc4ccc(-c5cnn(C)c5)nc4c32)CC1. The van der Waals surface area contributed by atoms with Crippen molar-refractivity contribution in [2.45, 2.75) is 25.8 Å². The molecule has 0 aromatic carbocycles. The van der Waals surface area contributed by atoms with Gasteiger partial charge in [0.25, 0.3) is 0 Å². The van der Waals surface area contributed by atoms with E-state index in [1.165, 1.54) is 0 Å². The summed E-state index contributed by atoms with van der Waals surface area (Å²) >= 11 is 0. The van der Waals surface area contributed by atoms with E-state index in [9.17, 15) is 9.59 Å². The molecule has 1 saturated heterocycles. The summed E-state index contributed by atoms with van der Waals surface area (Å²) in [5.41, 5.74) is 4.65. The minimum atomic E-state index is -0.0749. The first-order valence-electron chi connectivity index (χ1n) is 10.0. The van der Waals surface area contributed by atoms with Crippen LogP contribution in [0.25, 0.3) is 33.3 Å². The normalized spacial score (nSPS) is 15.4. The molecule has 9 heteroatoms. The van der Waals surface area contributed by atoms with Gasteiger partial charge in [0, 0.05) is 51.9 Å². The molecule has 154 valence electrons. The Hall–Kier alpha value is -3.49. The van der Waals surface area contributed by atoms with E-state index in [1.807, 2.05) is 34.8 Å². The second-order valence-electron chi connectivity index (χ2n) is 7.91. The van der Waals surface area contributed by atoms with E-state index in [0.29, 0.717) is 18.6 Å². The summed E-state index contributed by atoms with van der Waals surface area (Å²) in [4.78, 5) is 36.1. The summed E-state index contributed by atoms with van der Waals surface area (Å²) in [5, 5.41) is 4.24. The van der Waals surface area contributed by atoms with E-state index in [4.69, 9.17) is 4.98 Å². The molecule has 30 heavy (non-hydrogen) atoms. The third-order valence-corrected chi connectivity index (χ3v) is 6.04. The van der Waals surface area contributed by atoms with Crippen molar-refractivity contribution in [1.29, 1.82) is 0 Å². The zero-order valence-electron chi connectivity index (χ0n) is 17.2. The maximum absolute atomic E-state index is 13.2. The molecule has 9 nitrogen and oxygen atoms in total. The third kappa shape index (κ3) is 2.80. The highest BCUT2D eigenvalue weighted by atomic mass is 16.2. The number of hydrogen-bond donors (Lipinski definition) is 0. The smallest absolute Gasteiger partial charge is 0.329 e. The van der Waals surface area contributed by atoms with Crippen LogP contribution < -0.4 is 5.69 Å². The molecule has 4 aromatic heterocycles. The second-order valence-corrected chi connectivity index (χ2v) is 7.91. The van der Waals surface area contributed by atoms with Gasteiger partial charge in [-0.15, -0.1) is 0 Å². The van der Waals surface area contributed by atoms with Crippen LogP contribution in [0, 0.1) is 0 Å². The Morgan fingerprint density at radius 3 is 2.57 bits per heavy atom. The standard InChI is InChI=1S/C21H23N7O2/c1-13(29)27-8-6-15(7-9-27)28-20-18(26(3)21(28)30)11-22-17-5-4-16(24-19(17)20)14-10-23-25(2)12-14/h4-5,10-12,15H,6-9H2,1-3H3. The Kier molecular flexibility index (Phi) is 4.19. The molecule has 1 aliphatic rings. The monoisotopic (exact) mass is 405 g/mol. The molecule has 0 saturated carbocycles. The Balaban J connectivity index is 1.70. The molecule has 0 aliphatic carbocycles. The van der Waals surface area contributed by atoms with Gasteiger partial charge in [0.05, 0.1) is 34.6 Å². The highest BCUT2D eigenvalue weighted by molar-refractivity contribution is 6.00. The van der Waals surface area contributed by atoms with E-state index in [1.54, 1.807) is 35.6 Å². The van der Waals surface area contributed by atoms with Crippen LogP contribution in [-0.2, 0) is 18.9 Å². The van der Waals surface area contributed by atoms with Gasteiger partial charge in [-0.3, -0.25) is 23.6 Å². The maximum Gasteiger partial charge on any atom is 0.329 e. The van der Waals surface area contributed by atoms with Crippen molar-refractivity contribution in [1.82, 2.24) is 33.8 Å². The number of carbonyl (C=O) groups excluding carboxylic acids is 1. The van der Waals surface area contributed by atoms with Gasteiger partial charge in [0.2, 0.25) is 5.91 Å². The number of rotatable bonds is 2. The van der Waals surface area contributed by atoms with E-state index >= 15 is 0 Å². The van der Waals surface area contributed by atoms with Gasteiger partial charge in [-0.05, 0) is 25.0 Å². The number of likely N-dealkylation sites (tertiary alicyclic amines) is 1. The number of fused-ring (bicyclic) bond motifs is 3. The lowest BCUT2D eigenvalue weighted by molar-refractivity contribution is -0.130. The van der Waals surface area contributed by atoms with Crippen molar-refractivity contribution in [3.63, 3.8) is 0 Å². The molecule has 0 radical (unpaired) electrons. The van der Waals surface area contributed by atoms with Crippen molar-refractivity contribution >= 4 is 28.0 Å². The number of amides is 1. The molecule has 1 fully saturated rings. The summed E-state index contributed by atoms with van der Waals surface area (Å²) in [5.74, 6) is 0.0798. The lowest BCUT2D eigenvalue weighted by atomic mass is 10.0. The molecule has 1 amide bonds. The Morgan fingerprint density at radius 1 is 1.13 bits per heavy atom. The fraction of sp³-hybridized carbons (Fsp3) is 0.381. The van der Waals surface area contributed by atoms with Gasteiger partial charge in [-0.2, -0.15) is 5.10 Å². The predicted molar refractivity (Wildman–Crippen MR) is 113 cm³/mol. The Morgan fingerprint density at radius 2 is 1.90 bits per heavy atom. The number of aryl methyl sites for hydroxylation is 2. The van der Waals surface area contributed by atoms with Crippen molar-refractivity contribution in [2.24, 2.45) is 14.1 Å². The molecule has 4 aromatic rings. The van der Waals surface area contributed by atoms with E-state index < -0.39 is 0 Å². The number of carbonyl (C=O) groups is 1. The van der Waals surface area contributed by atoms with Crippen LogP contribution in [0.1, 0.15) is 25.8 Å². The van der Waals surface area contributed by atoms with Crippen LogP contribution >= 0.6 is 0 Å². The summed E-state index contributed by atoms with van der Waals surface area (Å²) in [6.07, 6.45) is 6.91. The number of nitrogens with zero attached hydrogens (tertiary/aromatic N) is 7. The topological polar surface area (TPSA) is 90.8 Å². The molecule has 0 unspecified atom stereocenters. The number of imidazole rings is 1. The highest BCUT2D eigenvalue weighted by Crippen LogP contribution is 2.30. The summed E-state index contributed by atoms with van der Waals surface area (Å²) in [6.45, 7) is 2.90. The maximum atomic E-state index is 13.2. The fourth-order valence-corrected chi connectivity index (χ4v) is 4.38. The van der Waals surface area contributed by atoms with E-state index in [-0.39, 0.29) is 17.6 Å². The average Bonchev–Trinajstić information content (AvgIpc) is 3.29. The molecule has 0 atom stereocenters. The van der Waals surface area contributed by atoms with Crippen LogP contribution in [0.2, 0.25) is 0 Å². The fourth-order valence-electron chi connectivity index (χ4n) is 4.38. The van der Waals surface area contributed by atoms with Crippen LogP contribution in [-0.4, -0.2) is 52.8 Å². The van der Waals surface area contributed by atoms with Crippen molar-refractivity contribution in [3.05, 3.63) is 41.2 Å². The average molecular weight is 405 g/mol. The summed E-state index contributed by atoms with van der Waals surface area (Å²) in [6, 6.07) is 3.88. The molecule has 5 rings (SSSR count). The first-order chi connectivity index (χ1) is 14.4. The number of pyridine rings is 2. The molecule has 0 N–H and O–H groups in total. The second kappa shape index (κ2) is 6.79. The number of piperidine rings is 1. The third-order valence-electron chi connectivity index (χ3n) is 6.04. The molecular formula is C21H23N7O2. The minimum absolute atomic E-state index is 0.0197. The summed E-state index contributed by atoms with van der Waals surface area (Å²) in [7, 11) is 3.64. The summed E-state index contributed by atoms with van der Waals surface area (Å²) < 4.78 is 5.23. The van der Waals surface area contributed by atoms with Crippen LogP contribution in [0.5, 0.6) is 0 Å². The Bertz CT molecular complexity index is 1340. The predicted octanol–water partition coefficient (Wildman–Crippen LogP) is 1.87. The number of aromatic nitrogens is 6. The Labute approximate surface area is 172 Å². The highest BCUT2D eigenvalue weighted by Gasteiger charge is 2.27. The quantitative estimate of drug-likeness (QED) is 0.508. The zero-order chi connectivity index (χ0) is 21.0. The van der Waals surface area contributed by atoms with E-state index in [0.717, 1.165) is 40.6 Å². The number of hydrogen-bond acceptors (Lipinski definition) is 5. The van der Waals surface area contributed by atoms with Gasteiger partial charge in [0.15, 0.2) is 0 Å². The van der Waals surface area contributed by atoms with Gasteiger partial charge >= 0.3 is 5.69 Å². The van der Waals surface area contributed by atoms with Gasteiger partial charge in [-0.25, -0.2) is 9.78 Å². The molecule has 0 spiro atoms. The van der Waals surface area contributed by atoms with Gasteiger partial charge < -0.3 is 4.90 Å². The van der Waals surface area contributed by atoms with Gasteiger partial charge in [-0.1, -0.05) is 0 Å². The van der Waals surface area contributed by atoms with Crippen molar-refractivity contribution in [2.75, 3.05) is 13.1 Å². The van der Waals surface area contributed by atoms with E-state index in [2.05, 4.69) is 10.1 Å². The molecule has 1 aliphatic heterocycles. The molecule has 0 bridgehead atoms. The van der Waals surface area contributed by atoms with Crippen LogP contribution in [0.3, 0.4) is 0 Å². The first-order valence-corrected chi connectivity index (χ1v) is 10.0. The minimum Gasteiger partial charge on any atom is -0.343 e. The molecule has 5 heterocycles. The van der Waals surface area contributed by atoms with Crippen LogP contribution in [0.15, 0.2) is 35.5 Å². The lowest BCUT2D eigenvalue weighted by Gasteiger charge is -2.31. The van der Waals surface area contributed by atoms with Crippen molar-refractivity contribution < 1.29 is 4.79 Å².